The molecule has 0 aliphatic carbocycles. The molecule has 1 aromatic heterocycles. The van der Waals surface area contributed by atoms with Crippen LogP contribution >= 0.6 is 11.6 Å². The first kappa shape index (κ1) is 15.1. The van der Waals surface area contributed by atoms with Gasteiger partial charge in [-0.15, -0.1) is 0 Å². The second kappa shape index (κ2) is 6.01. The molecule has 0 N–H and O–H groups in total. The first-order valence-electron chi connectivity index (χ1n) is 6.06. The first-order valence-corrected chi connectivity index (χ1v) is 6.44. The van der Waals surface area contributed by atoms with Crippen molar-refractivity contribution in [2.75, 3.05) is 0 Å². The zero-order valence-corrected chi connectivity index (χ0v) is 12.0. The van der Waals surface area contributed by atoms with Gasteiger partial charge < -0.3 is 4.74 Å². The van der Waals surface area contributed by atoms with E-state index in [1.807, 2.05) is 6.92 Å². The minimum atomic E-state index is -0.847. The van der Waals surface area contributed by atoms with E-state index in [4.69, 9.17) is 16.3 Å². The number of aryl methyl sites for hydroxylation is 2. The summed E-state index contributed by atoms with van der Waals surface area (Å²) in [7, 11) is 0. The van der Waals surface area contributed by atoms with Crippen LogP contribution in [0.2, 0.25) is 5.15 Å². The Morgan fingerprint density at radius 3 is 2.71 bits per heavy atom. The number of rotatable bonds is 4. The quantitative estimate of drug-likeness (QED) is 0.487. The molecule has 1 aromatic carbocycles. The van der Waals surface area contributed by atoms with E-state index in [0.29, 0.717) is 12.2 Å². The van der Waals surface area contributed by atoms with Crippen molar-refractivity contribution in [1.82, 2.24) is 9.97 Å². The lowest BCUT2D eigenvalue weighted by Crippen LogP contribution is -1.99. The molecule has 0 radical (unpaired) electrons. The van der Waals surface area contributed by atoms with Gasteiger partial charge in [0.2, 0.25) is 5.88 Å². The summed E-state index contributed by atoms with van der Waals surface area (Å²) in [5.74, 6) is -0.467. The van der Waals surface area contributed by atoms with Crippen LogP contribution in [0.4, 0.5) is 10.1 Å². The van der Waals surface area contributed by atoms with Crippen molar-refractivity contribution in [2.24, 2.45) is 0 Å². The molecule has 110 valence electrons. The van der Waals surface area contributed by atoms with Crippen molar-refractivity contribution in [2.45, 2.75) is 20.3 Å². The molecule has 0 amide bonds. The van der Waals surface area contributed by atoms with Gasteiger partial charge in [0.25, 0.3) is 5.69 Å². The predicted molar refractivity (Wildman–Crippen MR) is 74.3 cm³/mol. The molecule has 21 heavy (non-hydrogen) atoms. The SMILES string of the molecule is CCc1nc(Cl)cc(Oc2cc(C)c([N+](=O)[O-])cc2F)n1. The van der Waals surface area contributed by atoms with Crippen molar-refractivity contribution in [3.63, 3.8) is 0 Å². The average Bonchev–Trinajstić information content (AvgIpc) is 2.41. The molecule has 0 saturated heterocycles. The molecule has 0 spiro atoms. The molecule has 0 unspecified atom stereocenters. The number of halogens is 2. The van der Waals surface area contributed by atoms with Crippen LogP contribution in [0.5, 0.6) is 11.6 Å². The highest BCUT2D eigenvalue weighted by molar-refractivity contribution is 6.29. The number of hydrogen-bond donors (Lipinski definition) is 0. The monoisotopic (exact) mass is 311 g/mol. The topological polar surface area (TPSA) is 78.2 Å². The molecular formula is C13H11ClFN3O3. The second-order valence-corrected chi connectivity index (χ2v) is 4.61. The Morgan fingerprint density at radius 1 is 1.38 bits per heavy atom. The highest BCUT2D eigenvalue weighted by Crippen LogP contribution is 2.30. The van der Waals surface area contributed by atoms with E-state index in [1.54, 1.807) is 0 Å². The summed E-state index contributed by atoms with van der Waals surface area (Å²) in [5, 5.41) is 10.9. The van der Waals surface area contributed by atoms with Crippen LogP contribution in [0.3, 0.4) is 0 Å². The fraction of sp³-hybridized carbons (Fsp3) is 0.231. The fourth-order valence-corrected chi connectivity index (χ4v) is 1.88. The summed E-state index contributed by atoms with van der Waals surface area (Å²) in [6.07, 6.45) is 0.540. The number of nitro benzene ring substituents is 1. The Hall–Kier alpha value is -2.28. The molecule has 0 aliphatic rings. The highest BCUT2D eigenvalue weighted by Gasteiger charge is 2.17. The summed E-state index contributed by atoms with van der Waals surface area (Å²) in [6, 6.07) is 3.40. The lowest BCUT2D eigenvalue weighted by molar-refractivity contribution is -0.385. The maximum atomic E-state index is 13.9. The van der Waals surface area contributed by atoms with Gasteiger partial charge in [-0.05, 0) is 13.0 Å². The van der Waals surface area contributed by atoms with Gasteiger partial charge in [-0.25, -0.2) is 9.37 Å². The van der Waals surface area contributed by atoms with Gasteiger partial charge in [0.05, 0.1) is 11.0 Å². The van der Waals surface area contributed by atoms with Gasteiger partial charge in [0.1, 0.15) is 11.0 Å². The maximum Gasteiger partial charge on any atom is 0.275 e. The van der Waals surface area contributed by atoms with E-state index in [0.717, 1.165) is 6.07 Å². The Kier molecular flexibility index (Phi) is 4.32. The van der Waals surface area contributed by atoms with Gasteiger partial charge in [-0.1, -0.05) is 18.5 Å². The number of aromatic nitrogens is 2. The van der Waals surface area contributed by atoms with Gasteiger partial charge >= 0.3 is 0 Å². The normalized spacial score (nSPS) is 10.5. The summed E-state index contributed by atoms with van der Waals surface area (Å²) in [5.41, 5.74) is -0.0258. The molecule has 0 fully saturated rings. The van der Waals surface area contributed by atoms with E-state index in [2.05, 4.69) is 9.97 Å². The van der Waals surface area contributed by atoms with Crippen LogP contribution in [0.25, 0.3) is 0 Å². The lowest BCUT2D eigenvalue weighted by atomic mass is 10.2. The summed E-state index contributed by atoms with van der Waals surface area (Å²) in [6.45, 7) is 3.33. The molecule has 6 nitrogen and oxygen atoms in total. The molecule has 0 saturated carbocycles. The van der Waals surface area contributed by atoms with Crippen LogP contribution < -0.4 is 4.74 Å². The van der Waals surface area contributed by atoms with E-state index in [1.165, 1.54) is 19.1 Å². The third kappa shape index (κ3) is 3.43. The first-order chi connectivity index (χ1) is 9.90. The standard InChI is InChI=1S/C13H11ClFN3O3/c1-3-12-16-11(14)6-13(17-12)21-10-4-7(2)9(18(19)20)5-8(10)15/h4-6H,3H2,1-2H3. The Balaban J connectivity index is 2.38. The maximum absolute atomic E-state index is 13.9. The third-order valence-corrected chi connectivity index (χ3v) is 2.89. The molecule has 1 heterocycles. The Morgan fingerprint density at radius 2 is 2.10 bits per heavy atom. The van der Waals surface area contributed by atoms with Crippen molar-refractivity contribution in [3.8, 4) is 11.6 Å². The zero-order valence-electron chi connectivity index (χ0n) is 11.3. The molecular weight excluding hydrogens is 301 g/mol. The Bertz CT molecular complexity index is 709. The molecule has 2 aromatic rings. The van der Waals surface area contributed by atoms with Crippen molar-refractivity contribution in [3.05, 3.63) is 50.7 Å². The van der Waals surface area contributed by atoms with Crippen LogP contribution in [0.1, 0.15) is 18.3 Å². The van der Waals surface area contributed by atoms with E-state index in [-0.39, 0.29) is 28.0 Å². The minimum Gasteiger partial charge on any atom is -0.436 e. The zero-order chi connectivity index (χ0) is 15.6. The van der Waals surface area contributed by atoms with Crippen LogP contribution in [-0.4, -0.2) is 14.9 Å². The summed E-state index contributed by atoms with van der Waals surface area (Å²) >= 11 is 5.82. The van der Waals surface area contributed by atoms with Crippen molar-refractivity contribution in [1.29, 1.82) is 0 Å². The van der Waals surface area contributed by atoms with Crippen LogP contribution in [0, 0.1) is 22.9 Å². The summed E-state index contributed by atoms with van der Waals surface area (Å²) in [4.78, 5) is 18.1. The molecule has 0 bridgehead atoms. The largest absolute Gasteiger partial charge is 0.436 e. The van der Waals surface area contributed by atoms with Gasteiger partial charge in [0, 0.05) is 18.1 Å². The summed E-state index contributed by atoms with van der Waals surface area (Å²) < 4.78 is 19.2. The highest BCUT2D eigenvalue weighted by atomic mass is 35.5. The van der Waals surface area contributed by atoms with E-state index < -0.39 is 10.7 Å². The third-order valence-electron chi connectivity index (χ3n) is 2.70. The predicted octanol–water partition coefficient (Wildman–Crippen LogP) is 3.84. The molecule has 0 atom stereocenters. The molecule has 2 rings (SSSR count). The smallest absolute Gasteiger partial charge is 0.275 e. The van der Waals surface area contributed by atoms with Gasteiger partial charge in [-0.3, -0.25) is 10.1 Å². The van der Waals surface area contributed by atoms with E-state index >= 15 is 0 Å². The number of nitrogens with zero attached hydrogens (tertiary/aromatic N) is 3. The number of hydrogen-bond acceptors (Lipinski definition) is 5. The molecule has 0 aliphatic heterocycles. The fourth-order valence-electron chi connectivity index (χ4n) is 1.68. The number of benzene rings is 1. The molecule has 8 heteroatoms. The van der Waals surface area contributed by atoms with E-state index in [9.17, 15) is 14.5 Å². The number of ether oxygens (including phenoxy) is 1. The van der Waals surface area contributed by atoms with Crippen LogP contribution in [0.15, 0.2) is 18.2 Å². The average molecular weight is 312 g/mol. The van der Waals surface area contributed by atoms with Crippen LogP contribution in [-0.2, 0) is 6.42 Å². The number of nitro groups is 1. The second-order valence-electron chi connectivity index (χ2n) is 4.23. The van der Waals surface area contributed by atoms with Crippen molar-refractivity contribution < 1.29 is 14.1 Å². The van der Waals surface area contributed by atoms with Crippen molar-refractivity contribution >= 4 is 17.3 Å². The Labute approximate surface area is 124 Å². The van der Waals surface area contributed by atoms with Gasteiger partial charge in [-0.2, -0.15) is 4.98 Å². The minimum absolute atomic E-state index is 0.0824. The lowest BCUT2D eigenvalue weighted by Gasteiger charge is -2.08. The van der Waals surface area contributed by atoms with Gasteiger partial charge in [0.15, 0.2) is 11.6 Å².